The zero-order valence-corrected chi connectivity index (χ0v) is 12.5. The Balaban J connectivity index is 2.13. The van der Waals surface area contributed by atoms with Crippen LogP contribution in [0.5, 0.6) is 0 Å². The fraction of sp³-hybridized carbons (Fsp3) is 0.176. The van der Waals surface area contributed by atoms with E-state index in [0.29, 0.717) is 11.3 Å². The van der Waals surface area contributed by atoms with Crippen LogP contribution >= 0.6 is 0 Å². The van der Waals surface area contributed by atoms with Gasteiger partial charge in [0.2, 0.25) is 5.91 Å². The van der Waals surface area contributed by atoms with E-state index in [0.717, 1.165) is 5.56 Å². The normalized spacial score (nSPS) is 10.9. The van der Waals surface area contributed by atoms with Gasteiger partial charge in [-0.3, -0.25) is 14.8 Å². The second-order valence-corrected chi connectivity index (χ2v) is 5.46. The summed E-state index contributed by atoms with van der Waals surface area (Å²) in [5.41, 5.74) is 2.70. The van der Waals surface area contributed by atoms with Gasteiger partial charge in [0, 0.05) is 11.3 Å². The molecule has 2 aromatic rings. The number of carbonyl (C=O) groups is 2. The van der Waals surface area contributed by atoms with Crippen molar-refractivity contribution in [1.82, 2.24) is 5.48 Å². The Morgan fingerprint density at radius 3 is 2.09 bits per heavy atom. The molecule has 0 unspecified atom stereocenters. The molecular formula is C17H18N2O3. The van der Waals surface area contributed by atoms with Gasteiger partial charge in [0.1, 0.15) is 0 Å². The average Bonchev–Trinajstić information content (AvgIpc) is 2.55. The van der Waals surface area contributed by atoms with Gasteiger partial charge in [0.15, 0.2) is 0 Å². The van der Waals surface area contributed by atoms with Crippen LogP contribution in [0.2, 0.25) is 0 Å². The van der Waals surface area contributed by atoms with E-state index in [1.54, 1.807) is 17.6 Å². The number of benzene rings is 2. The van der Waals surface area contributed by atoms with Gasteiger partial charge in [-0.15, -0.1) is 0 Å². The highest BCUT2D eigenvalue weighted by Gasteiger charge is 2.29. The first-order valence-corrected chi connectivity index (χ1v) is 6.86. The second-order valence-electron chi connectivity index (χ2n) is 5.46. The minimum atomic E-state index is -0.678. The molecule has 22 heavy (non-hydrogen) atoms. The van der Waals surface area contributed by atoms with E-state index in [4.69, 9.17) is 5.21 Å². The van der Waals surface area contributed by atoms with Crippen molar-refractivity contribution in [3.63, 3.8) is 0 Å². The Hall–Kier alpha value is -2.66. The molecule has 0 heterocycles. The lowest BCUT2D eigenvalue weighted by Crippen LogP contribution is -2.34. The highest BCUT2D eigenvalue weighted by molar-refractivity contribution is 5.99. The Kier molecular flexibility index (Phi) is 4.58. The summed E-state index contributed by atoms with van der Waals surface area (Å²) in [5.74, 6) is -0.736. The molecule has 0 saturated carbocycles. The second kappa shape index (κ2) is 6.41. The molecule has 5 nitrogen and oxygen atoms in total. The summed E-state index contributed by atoms with van der Waals surface area (Å²) in [6.45, 7) is 3.70. The van der Waals surface area contributed by atoms with Crippen LogP contribution in [0.1, 0.15) is 29.8 Å². The fourth-order valence-corrected chi connectivity index (χ4v) is 2.04. The first kappa shape index (κ1) is 15.7. The van der Waals surface area contributed by atoms with E-state index in [1.807, 2.05) is 44.2 Å². The SMILES string of the molecule is CC(C)(C(=O)Nc1ccc(C(=O)NO)cc1)c1ccccc1. The molecule has 0 atom stereocenters. The lowest BCUT2D eigenvalue weighted by Gasteiger charge is -2.24. The molecule has 0 fully saturated rings. The number of hydroxylamine groups is 1. The molecule has 114 valence electrons. The molecule has 0 radical (unpaired) electrons. The van der Waals surface area contributed by atoms with Crippen LogP contribution in [-0.4, -0.2) is 17.0 Å². The number of hydrogen-bond donors (Lipinski definition) is 3. The Morgan fingerprint density at radius 1 is 0.955 bits per heavy atom. The van der Waals surface area contributed by atoms with Gasteiger partial charge in [-0.25, -0.2) is 5.48 Å². The van der Waals surface area contributed by atoms with Crippen LogP contribution in [0.3, 0.4) is 0 Å². The van der Waals surface area contributed by atoms with Crippen LogP contribution in [-0.2, 0) is 10.2 Å². The maximum atomic E-state index is 12.5. The molecule has 5 heteroatoms. The zero-order valence-electron chi connectivity index (χ0n) is 12.5. The molecular weight excluding hydrogens is 280 g/mol. The summed E-state index contributed by atoms with van der Waals surface area (Å²) < 4.78 is 0. The lowest BCUT2D eigenvalue weighted by atomic mass is 9.83. The third kappa shape index (κ3) is 3.32. The van der Waals surface area contributed by atoms with E-state index < -0.39 is 11.3 Å². The monoisotopic (exact) mass is 298 g/mol. The number of rotatable bonds is 4. The summed E-state index contributed by atoms with van der Waals surface area (Å²) in [6, 6.07) is 15.8. The number of carbonyl (C=O) groups excluding carboxylic acids is 2. The molecule has 0 saturated heterocycles. The van der Waals surface area contributed by atoms with Crippen molar-refractivity contribution in [2.75, 3.05) is 5.32 Å². The van der Waals surface area contributed by atoms with E-state index in [2.05, 4.69) is 5.32 Å². The maximum absolute atomic E-state index is 12.5. The summed E-state index contributed by atoms with van der Waals surface area (Å²) >= 11 is 0. The van der Waals surface area contributed by atoms with Gasteiger partial charge in [-0.05, 0) is 43.7 Å². The number of anilines is 1. The topological polar surface area (TPSA) is 78.4 Å². The van der Waals surface area contributed by atoms with Crippen molar-refractivity contribution in [2.24, 2.45) is 0 Å². The highest BCUT2D eigenvalue weighted by atomic mass is 16.5. The molecule has 2 aromatic carbocycles. The average molecular weight is 298 g/mol. The Labute approximate surface area is 128 Å². The van der Waals surface area contributed by atoms with Crippen LogP contribution in [0, 0.1) is 0 Å². The molecule has 0 aliphatic rings. The number of nitrogens with one attached hydrogen (secondary N) is 2. The van der Waals surface area contributed by atoms with Crippen molar-refractivity contribution >= 4 is 17.5 Å². The van der Waals surface area contributed by atoms with E-state index >= 15 is 0 Å². The Bertz CT molecular complexity index is 664. The highest BCUT2D eigenvalue weighted by Crippen LogP contribution is 2.25. The smallest absolute Gasteiger partial charge is 0.274 e. The first-order valence-electron chi connectivity index (χ1n) is 6.86. The number of amides is 2. The molecule has 0 aliphatic heterocycles. The van der Waals surface area contributed by atoms with Gasteiger partial charge >= 0.3 is 0 Å². The first-order chi connectivity index (χ1) is 10.4. The maximum Gasteiger partial charge on any atom is 0.274 e. The summed E-state index contributed by atoms with van der Waals surface area (Å²) in [5, 5.41) is 11.4. The summed E-state index contributed by atoms with van der Waals surface area (Å²) in [6.07, 6.45) is 0. The van der Waals surface area contributed by atoms with Crippen LogP contribution in [0.25, 0.3) is 0 Å². The van der Waals surface area contributed by atoms with Crippen LogP contribution in [0.4, 0.5) is 5.69 Å². The predicted octanol–water partition coefficient (Wildman–Crippen LogP) is 2.72. The standard InChI is InChI=1S/C17H18N2O3/c1-17(2,13-6-4-3-5-7-13)16(21)18-14-10-8-12(9-11-14)15(20)19-22/h3-11,22H,1-2H3,(H,18,21)(H,19,20). The van der Waals surface area contributed by atoms with Crippen LogP contribution in [0.15, 0.2) is 54.6 Å². The predicted molar refractivity (Wildman–Crippen MR) is 83.8 cm³/mol. The van der Waals surface area contributed by atoms with Crippen molar-refractivity contribution in [1.29, 1.82) is 0 Å². The Morgan fingerprint density at radius 2 is 1.55 bits per heavy atom. The van der Waals surface area contributed by atoms with Gasteiger partial charge in [-0.1, -0.05) is 30.3 Å². The van der Waals surface area contributed by atoms with Gasteiger partial charge in [0.05, 0.1) is 5.41 Å². The van der Waals surface area contributed by atoms with Gasteiger partial charge < -0.3 is 5.32 Å². The molecule has 2 rings (SSSR count). The van der Waals surface area contributed by atoms with Crippen molar-refractivity contribution < 1.29 is 14.8 Å². The third-order valence-corrected chi connectivity index (χ3v) is 3.57. The van der Waals surface area contributed by atoms with Crippen LogP contribution < -0.4 is 10.8 Å². The van der Waals surface area contributed by atoms with E-state index in [1.165, 1.54) is 12.1 Å². The molecule has 0 aliphatic carbocycles. The van der Waals surface area contributed by atoms with Crippen molar-refractivity contribution in [2.45, 2.75) is 19.3 Å². The molecule has 3 N–H and O–H groups in total. The molecule has 0 bridgehead atoms. The minimum absolute atomic E-state index is 0.141. The van der Waals surface area contributed by atoms with Gasteiger partial charge in [-0.2, -0.15) is 0 Å². The van der Waals surface area contributed by atoms with Gasteiger partial charge in [0.25, 0.3) is 5.91 Å². The summed E-state index contributed by atoms with van der Waals surface area (Å²) in [7, 11) is 0. The fourth-order valence-electron chi connectivity index (χ4n) is 2.04. The number of hydrogen-bond acceptors (Lipinski definition) is 3. The molecule has 0 aromatic heterocycles. The zero-order chi connectivity index (χ0) is 16.2. The molecule has 0 spiro atoms. The largest absolute Gasteiger partial charge is 0.325 e. The van der Waals surface area contributed by atoms with Crippen molar-refractivity contribution in [3.8, 4) is 0 Å². The minimum Gasteiger partial charge on any atom is -0.325 e. The quantitative estimate of drug-likeness (QED) is 0.600. The lowest BCUT2D eigenvalue weighted by molar-refractivity contribution is -0.120. The van der Waals surface area contributed by atoms with E-state index in [9.17, 15) is 9.59 Å². The summed E-state index contributed by atoms with van der Waals surface area (Å²) in [4.78, 5) is 23.7. The third-order valence-electron chi connectivity index (χ3n) is 3.57. The molecule has 2 amide bonds. The van der Waals surface area contributed by atoms with E-state index in [-0.39, 0.29) is 5.91 Å². The van der Waals surface area contributed by atoms with Crippen molar-refractivity contribution in [3.05, 3.63) is 65.7 Å².